The minimum absolute atomic E-state index is 0.0422. The molecule has 0 heterocycles. The van der Waals surface area contributed by atoms with Gasteiger partial charge in [-0.05, 0) is 23.6 Å². The first kappa shape index (κ1) is 16.5. The number of hydrogen-bond donors (Lipinski definition) is 2. The highest BCUT2D eigenvalue weighted by atomic mass is 32.2. The summed E-state index contributed by atoms with van der Waals surface area (Å²) in [5.74, 6) is 0.670. The first-order valence-electron chi connectivity index (χ1n) is 6.93. The number of rotatable bonds is 7. The van der Waals surface area contributed by atoms with E-state index in [1.807, 2.05) is 30.3 Å². The lowest BCUT2D eigenvalue weighted by atomic mass is 10.0. The van der Waals surface area contributed by atoms with Crippen molar-refractivity contribution in [1.82, 2.24) is 0 Å². The standard InChI is InChI=1S/C16H18N2O3S/c17-14(8-9-19)13-6-7-16(15(10-13)18(20)21)22-11-12-4-2-1-3-5-12/h1-7,10,14,19H,8-9,11,17H2. The van der Waals surface area contributed by atoms with E-state index in [0.29, 0.717) is 22.6 Å². The average Bonchev–Trinajstić information content (AvgIpc) is 2.54. The van der Waals surface area contributed by atoms with Gasteiger partial charge in [0, 0.05) is 24.5 Å². The monoisotopic (exact) mass is 318 g/mol. The highest BCUT2D eigenvalue weighted by Crippen LogP contribution is 2.33. The summed E-state index contributed by atoms with van der Waals surface area (Å²) in [6, 6.07) is 14.5. The molecular weight excluding hydrogens is 300 g/mol. The maximum atomic E-state index is 11.3. The van der Waals surface area contributed by atoms with E-state index in [9.17, 15) is 10.1 Å². The molecule has 116 valence electrons. The summed E-state index contributed by atoms with van der Waals surface area (Å²) in [5, 5.41) is 20.2. The summed E-state index contributed by atoms with van der Waals surface area (Å²) in [7, 11) is 0. The molecule has 0 aliphatic rings. The van der Waals surface area contributed by atoms with Crippen LogP contribution >= 0.6 is 11.8 Å². The number of aliphatic hydroxyl groups is 1. The summed E-state index contributed by atoms with van der Waals surface area (Å²) >= 11 is 1.43. The Balaban J connectivity index is 2.18. The van der Waals surface area contributed by atoms with E-state index in [0.717, 1.165) is 5.56 Å². The van der Waals surface area contributed by atoms with Crippen LogP contribution in [0.3, 0.4) is 0 Å². The van der Waals surface area contributed by atoms with Gasteiger partial charge in [-0.1, -0.05) is 36.4 Å². The Bertz CT molecular complexity index is 635. The van der Waals surface area contributed by atoms with Crippen molar-refractivity contribution in [2.24, 2.45) is 5.73 Å². The zero-order valence-corrected chi connectivity index (χ0v) is 12.8. The zero-order chi connectivity index (χ0) is 15.9. The molecule has 1 atom stereocenters. The smallest absolute Gasteiger partial charge is 0.283 e. The van der Waals surface area contributed by atoms with Crippen LogP contribution in [0.15, 0.2) is 53.4 Å². The predicted molar refractivity (Wildman–Crippen MR) is 87.7 cm³/mol. The maximum Gasteiger partial charge on any atom is 0.283 e. The van der Waals surface area contributed by atoms with Crippen LogP contribution in [0.5, 0.6) is 0 Å². The van der Waals surface area contributed by atoms with E-state index < -0.39 is 6.04 Å². The average molecular weight is 318 g/mol. The van der Waals surface area contributed by atoms with Crippen molar-refractivity contribution in [3.8, 4) is 0 Å². The van der Waals surface area contributed by atoms with Crippen LogP contribution in [0.1, 0.15) is 23.6 Å². The fraction of sp³-hybridized carbons (Fsp3) is 0.250. The second-order valence-electron chi connectivity index (χ2n) is 4.88. The molecule has 6 heteroatoms. The van der Waals surface area contributed by atoms with Gasteiger partial charge in [0.25, 0.3) is 5.69 Å². The fourth-order valence-electron chi connectivity index (χ4n) is 2.07. The molecule has 2 aromatic carbocycles. The number of nitro benzene ring substituents is 1. The Hall–Kier alpha value is -1.89. The van der Waals surface area contributed by atoms with Crippen LogP contribution in [0, 0.1) is 10.1 Å². The summed E-state index contributed by atoms with van der Waals surface area (Å²) < 4.78 is 0. The quantitative estimate of drug-likeness (QED) is 0.464. The van der Waals surface area contributed by atoms with E-state index in [1.165, 1.54) is 17.8 Å². The van der Waals surface area contributed by atoms with Crippen molar-refractivity contribution in [1.29, 1.82) is 0 Å². The number of benzene rings is 2. The van der Waals surface area contributed by atoms with Crippen molar-refractivity contribution in [2.45, 2.75) is 23.1 Å². The van der Waals surface area contributed by atoms with Crippen LogP contribution in [0.4, 0.5) is 5.69 Å². The number of nitrogens with zero attached hydrogens (tertiary/aromatic N) is 1. The zero-order valence-electron chi connectivity index (χ0n) is 12.0. The lowest BCUT2D eigenvalue weighted by Crippen LogP contribution is -2.12. The van der Waals surface area contributed by atoms with Crippen LogP contribution in [0.25, 0.3) is 0 Å². The molecule has 0 saturated carbocycles. The summed E-state index contributed by atoms with van der Waals surface area (Å²) in [6.45, 7) is -0.0422. The number of nitro groups is 1. The van der Waals surface area contributed by atoms with E-state index in [2.05, 4.69) is 0 Å². The molecule has 0 amide bonds. The first-order chi connectivity index (χ1) is 10.6. The molecule has 2 rings (SSSR count). The molecule has 0 bridgehead atoms. The minimum atomic E-state index is -0.392. The molecule has 0 spiro atoms. The van der Waals surface area contributed by atoms with Crippen LogP contribution in [-0.4, -0.2) is 16.6 Å². The molecule has 1 unspecified atom stereocenters. The molecule has 22 heavy (non-hydrogen) atoms. The van der Waals surface area contributed by atoms with Gasteiger partial charge in [0.2, 0.25) is 0 Å². The maximum absolute atomic E-state index is 11.3. The van der Waals surface area contributed by atoms with E-state index >= 15 is 0 Å². The third-order valence-corrected chi connectivity index (χ3v) is 4.42. The van der Waals surface area contributed by atoms with Crippen LogP contribution in [0.2, 0.25) is 0 Å². The van der Waals surface area contributed by atoms with Gasteiger partial charge in [0.1, 0.15) is 0 Å². The van der Waals surface area contributed by atoms with Crippen LogP contribution < -0.4 is 5.73 Å². The Morgan fingerprint density at radius 1 is 1.23 bits per heavy atom. The van der Waals surface area contributed by atoms with Gasteiger partial charge in [-0.2, -0.15) is 0 Å². The van der Waals surface area contributed by atoms with Gasteiger partial charge in [-0.3, -0.25) is 10.1 Å². The van der Waals surface area contributed by atoms with Crippen LogP contribution in [-0.2, 0) is 5.75 Å². The highest BCUT2D eigenvalue weighted by molar-refractivity contribution is 7.98. The van der Waals surface area contributed by atoms with Crippen molar-refractivity contribution in [2.75, 3.05) is 6.61 Å². The Kier molecular flexibility index (Phi) is 5.94. The number of nitrogens with two attached hydrogens (primary N) is 1. The normalized spacial score (nSPS) is 12.1. The lowest BCUT2D eigenvalue weighted by Gasteiger charge is -2.11. The van der Waals surface area contributed by atoms with E-state index in [-0.39, 0.29) is 17.2 Å². The summed E-state index contributed by atoms with van der Waals surface area (Å²) in [5.41, 5.74) is 7.75. The number of hydrogen-bond acceptors (Lipinski definition) is 5. The lowest BCUT2D eigenvalue weighted by molar-refractivity contribution is -0.387. The largest absolute Gasteiger partial charge is 0.396 e. The highest BCUT2D eigenvalue weighted by Gasteiger charge is 2.17. The second kappa shape index (κ2) is 7.93. The fourth-order valence-corrected chi connectivity index (χ4v) is 3.03. The second-order valence-corrected chi connectivity index (χ2v) is 5.89. The molecule has 0 radical (unpaired) electrons. The molecule has 2 aromatic rings. The molecule has 3 N–H and O–H groups in total. The molecule has 0 aromatic heterocycles. The van der Waals surface area contributed by atoms with Gasteiger partial charge < -0.3 is 10.8 Å². The van der Waals surface area contributed by atoms with Gasteiger partial charge in [-0.15, -0.1) is 11.8 Å². The molecule has 0 aliphatic heterocycles. The van der Waals surface area contributed by atoms with Crippen molar-refractivity contribution in [3.63, 3.8) is 0 Å². The van der Waals surface area contributed by atoms with Gasteiger partial charge in [0.15, 0.2) is 0 Å². The molecule has 0 saturated heterocycles. The SMILES string of the molecule is NC(CCO)c1ccc(SCc2ccccc2)c([N+](=O)[O-])c1. The van der Waals surface area contributed by atoms with Gasteiger partial charge >= 0.3 is 0 Å². The predicted octanol–water partition coefficient (Wildman–Crippen LogP) is 3.27. The Morgan fingerprint density at radius 2 is 1.95 bits per heavy atom. The van der Waals surface area contributed by atoms with E-state index in [4.69, 9.17) is 10.8 Å². The summed E-state index contributed by atoms with van der Waals surface area (Å²) in [6.07, 6.45) is 0.383. The molecular formula is C16H18N2O3S. The Labute approximate surface area is 133 Å². The van der Waals surface area contributed by atoms with Crippen molar-refractivity contribution in [3.05, 3.63) is 69.8 Å². The third kappa shape index (κ3) is 4.30. The number of thioether (sulfide) groups is 1. The van der Waals surface area contributed by atoms with Gasteiger partial charge in [0.05, 0.1) is 9.82 Å². The summed E-state index contributed by atoms with van der Waals surface area (Å²) in [4.78, 5) is 11.5. The van der Waals surface area contributed by atoms with E-state index in [1.54, 1.807) is 12.1 Å². The van der Waals surface area contributed by atoms with Gasteiger partial charge in [-0.25, -0.2) is 0 Å². The van der Waals surface area contributed by atoms with Crippen molar-refractivity contribution < 1.29 is 10.0 Å². The molecule has 0 aliphatic carbocycles. The minimum Gasteiger partial charge on any atom is -0.396 e. The first-order valence-corrected chi connectivity index (χ1v) is 7.92. The topological polar surface area (TPSA) is 89.4 Å². The third-order valence-electron chi connectivity index (χ3n) is 3.29. The molecule has 5 nitrogen and oxygen atoms in total. The van der Waals surface area contributed by atoms with Crippen molar-refractivity contribution >= 4 is 17.4 Å². The molecule has 0 fully saturated rings. The Morgan fingerprint density at radius 3 is 2.59 bits per heavy atom. The number of aliphatic hydroxyl groups excluding tert-OH is 1.